The average Bonchev–Trinajstić information content (AvgIpc) is 3.22. The minimum Gasteiger partial charge on any atom is -0.423 e. The van der Waals surface area contributed by atoms with E-state index in [0.29, 0.717) is 16.4 Å². The summed E-state index contributed by atoms with van der Waals surface area (Å²) >= 11 is 7.92. The number of rotatable bonds is 6. The van der Waals surface area contributed by atoms with E-state index in [2.05, 4.69) is 31.8 Å². The van der Waals surface area contributed by atoms with Crippen LogP contribution in [0.5, 0.6) is 0 Å². The van der Waals surface area contributed by atoms with E-state index in [1.807, 2.05) is 37.3 Å². The van der Waals surface area contributed by atoms with Gasteiger partial charge in [0.25, 0.3) is 0 Å². The summed E-state index contributed by atoms with van der Waals surface area (Å²) in [5, 5.41) is 11.4. The van der Waals surface area contributed by atoms with Crippen molar-refractivity contribution >= 4 is 34.3 Å². The van der Waals surface area contributed by atoms with Crippen molar-refractivity contribution in [1.29, 1.82) is 0 Å². The van der Waals surface area contributed by atoms with Crippen LogP contribution in [0.15, 0.2) is 62.9 Å². The number of para-hydroxylation sites is 1. The highest BCUT2D eigenvalue weighted by Gasteiger charge is 2.19. The second-order valence-corrected chi connectivity index (χ2v) is 9.73. The standard InChI is InChI=1S/C25H25ClN4O2S/c1-17-12-22-20(14-21(17)26)18(13-24(31)32-22)16-33-25-28-27-23(15-29-10-6-3-7-11-29)30(25)19-8-4-2-5-9-19/h2,4-5,8-9,12-14H,3,6-7,10-11,15-16H2,1H3. The summed E-state index contributed by atoms with van der Waals surface area (Å²) in [6.45, 7) is 4.86. The molecule has 6 nitrogen and oxygen atoms in total. The van der Waals surface area contributed by atoms with E-state index in [1.54, 1.807) is 17.8 Å². The van der Waals surface area contributed by atoms with Gasteiger partial charge in [0, 0.05) is 27.9 Å². The van der Waals surface area contributed by atoms with Gasteiger partial charge in [-0.1, -0.05) is 48.0 Å². The molecule has 0 amide bonds. The molecule has 1 saturated heterocycles. The molecule has 1 aliphatic rings. The normalized spacial score (nSPS) is 14.7. The van der Waals surface area contributed by atoms with Gasteiger partial charge in [0.2, 0.25) is 0 Å². The first-order chi connectivity index (χ1) is 16.1. The molecule has 8 heteroatoms. The van der Waals surface area contributed by atoms with Crippen molar-refractivity contribution in [2.75, 3.05) is 13.1 Å². The molecule has 3 heterocycles. The first kappa shape index (κ1) is 22.2. The lowest BCUT2D eigenvalue weighted by atomic mass is 10.1. The predicted molar refractivity (Wildman–Crippen MR) is 132 cm³/mol. The number of likely N-dealkylation sites (tertiary alicyclic amines) is 1. The number of piperidine rings is 1. The van der Waals surface area contributed by atoms with Gasteiger partial charge in [-0.25, -0.2) is 4.79 Å². The van der Waals surface area contributed by atoms with Gasteiger partial charge in [-0.3, -0.25) is 9.47 Å². The summed E-state index contributed by atoms with van der Waals surface area (Å²) in [7, 11) is 0. The third-order valence-electron chi connectivity index (χ3n) is 5.99. The molecule has 0 radical (unpaired) electrons. The zero-order valence-electron chi connectivity index (χ0n) is 18.5. The molecular formula is C25H25ClN4O2S. The molecule has 33 heavy (non-hydrogen) atoms. The molecule has 0 spiro atoms. The van der Waals surface area contributed by atoms with Gasteiger partial charge in [-0.2, -0.15) is 0 Å². The maximum absolute atomic E-state index is 12.2. The number of halogens is 1. The highest BCUT2D eigenvalue weighted by molar-refractivity contribution is 7.98. The molecule has 2 aromatic heterocycles. The fraction of sp³-hybridized carbons (Fsp3) is 0.320. The van der Waals surface area contributed by atoms with E-state index >= 15 is 0 Å². The van der Waals surface area contributed by atoms with Crippen LogP contribution in [0.4, 0.5) is 0 Å². The number of thioether (sulfide) groups is 1. The van der Waals surface area contributed by atoms with Crippen LogP contribution in [0.1, 0.15) is 36.2 Å². The number of aryl methyl sites for hydroxylation is 1. The van der Waals surface area contributed by atoms with Gasteiger partial charge in [0.05, 0.1) is 6.54 Å². The summed E-state index contributed by atoms with van der Waals surface area (Å²) in [5.41, 5.74) is 2.97. The molecule has 5 rings (SSSR count). The van der Waals surface area contributed by atoms with E-state index in [9.17, 15) is 4.79 Å². The van der Waals surface area contributed by atoms with E-state index < -0.39 is 0 Å². The highest BCUT2D eigenvalue weighted by atomic mass is 35.5. The molecule has 0 unspecified atom stereocenters. The zero-order chi connectivity index (χ0) is 22.8. The smallest absolute Gasteiger partial charge is 0.336 e. The van der Waals surface area contributed by atoms with Crippen LogP contribution in [0.3, 0.4) is 0 Å². The van der Waals surface area contributed by atoms with Crippen molar-refractivity contribution in [3.63, 3.8) is 0 Å². The number of benzene rings is 2. The Bertz CT molecular complexity index is 1330. The van der Waals surface area contributed by atoms with Gasteiger partial charge in [0.1, 0.15) is 5.58 Å². The number of hydrogen-bond donors (Lipinski definition) is 0. The van der Waals surface area contributed by atoms with Gasteiger partial charge >= 0.3 is 5.63 Å². The number of fused-ring (bicyclic) bond motifs is 1. The second kappa shape index (κ2) is 9.71. The van der Waals surface area contributed by atoms with E-state index in [4.69, 9.17) is 16.0 Å². The predicted octanol–water partition coefficient (Wildman–Crippen LogP) is 5.61. The number of nitrogens with zero attached hydrogens (tertiary/aromatic N) is 4. The van der Waals surface area contributed by atoms with Crippen LogP contribution in [-0.2, 0) is 12.3 Å². The molecule has 1 aliphatic heterocycles. The summed E-state index contributed by atoms with van der Waals surface area (Å²) in [5.74, 6) is 1.48. The Balaban J connectivity index is 1.48. The fourth-order valence-corrected chi connectivity index (χ4v) is 5.39. The van der Waals surface area contributed by atoms with Gasteiger partial charge in [-0.15, -0.1) is 10.2 Å². The van der Waals surface area contributed by atoms with Crippen LogP contribution in [-0.4, -0.2) is 32.8 Å². The lowest BCUT2D eigenvalue weighted by Crippen LogP contribution is -2.30. The number of hydrogen-bond acceptors (Lipinski definition) is 6. The Labute approximate surface area is 201 Å². The van der Waals surface area contributed by atoms with Crippen molar-refractivity contribution in [3.05, 3.63) is 80.9 Å². The van der Waals surface area contributed by atoms with Gasteiger partial charge in [-0.05, 0) is 68.2 Å². The van der Waals surface area contributed by atoms with Crippen molar-refractivity contribution in [3.8, 4) is 5.69 Å². The van der Waals surface area contributed by atoms with Crippen LogP contribution < -0.4 is 5.63 Å². The molecule has 0 bridgehead atoms. The Morgan fingerprint density at radius 3 is 2.64 bits per heavy atom. The van der Waals surface area contributed by atoms with Crippen molar-refractivity contribution in [1.82, 2.24) is 19.7 Å². The van der Waals surface area contributed by atoms with Crippen molar-refractivity contribution in [2.24, 2.45) is 0 Å². The minimum atomic E-state index is -0.366. The monoisotopic (exact) mass is 480 g/mol. The summed E-state index contributed by atoms with van der Waals surface area (Å²) in [6, 6.07) is 15.4. The summed E-state index contributed by atoms with van der Waals surface area (Å²) in [4.78, 5) is 14.6. The first-order valence-corrected chi connectivity index (χ1v) is 12.5. The maximum atomic E-state index is 12.2. The van der Waals surface area contributed by atoms with Crippen LogP contribution >= 0.6 is 23.4 Å². The molecule has 0 saturated carbocycles. The zero-order valence-corrected chi connectivity index (χ0v) is 20.0. The SMILES string of the molecule is Cc1cc2oc(=O)cc(CSc3nnc(CN4CCCCC4)n3-c3ccccc3)c2cc1Cl. The topological polar surface area (TPSA) is 64.2 Å². The Morgan fingerprint density at radius 2 is 1.85 bits per heavy atom. The minimum absolute atomic E-state index is 0.366. The van der Waals surface area contributed by atoms with Crippen LogP contribution in [0.2, 0.25) is 5.02 Å². The molecular weight excluding hydrogens is 456 g/mol. The third kappa shape index (κ3) is 4.86. The van der Waals surface area contributed by atoms with Gasteiger partial charge in [0.15, 0.2) is 11.0 Å². The molecule has 2 aromatic carbocycles. The lowest BCUT2D eigenvalue weighted by Gasteiger charge is -2.26. The number of aromatic nitrogens is 3. The second-order valence-electron chi connectivity index (χ2n) is 8.38. The van der Waals surface area contributed by atoms with E-state index in [0.717, 1.165) is 52.8 Å². The van der Waals surface area contributed by atoms with Gasteiger partial charge < -0.3 is 4.42 Å². The molecule has 170 valence electrons. The molecule has 1 fully saturated rings. The van der Waals surface area contributed by atoms with E-state index in [-0.39, 0.29) is 5.63 Å². The third-order valence-corrected chi connectivity index (χ3v) is 7.38. The Morgan fingerprint density at radius 1 is 1.06 bits per heavy atom. The van der Waals surface area contributed by atoms with Crippen LogP contribution in [0, 0.1) is 6.92 Å². The quantitative estimate of drug-likeness (QED) is 0.264. The van der Waals surface area contributed by atoms with E-state index in [1.165, 1.54) is 19.3 Å². The maximum Gasteiger partial charge on any atom is 0.336 e. The molecule has 0 atom stereocenters. The summed E-state index contributed by atoms with van der Waals surface area (Å²) < 4.78 is 7.54. The Kier molecular flexibility index (Phi) is 6.53. The average molecular weight is 481 g/mol. The molecule has 4 aromatic rings. The fourth-order valence-electron chi connectivity index (χ4n) is 4.26. The van der Waals surface area contributed by atoms with Crippen LogP contribution in [0.25, 0.3) is 16.7 Å². The highest BCUT2D eigenvalue weighted by Crippen LogP contribution is 2.31. The largest absolute Gasteiger partial charge is 0.423 e. The lowest BCUT2D eigenvalue weighted by molar-refractivity contribution is 0.214. The molecule has 0 N–H and O–H groups in total. The van der Waals surface area contributed by atoms with Crippen molar-refractivity contribution in [2.45, 2.75) is 43.6 Å². The Hall–Kier alpha value is -2.61. The summed E-state index contributed by atoms with van der Waals surface area (Å²) in [6.07, 6.45) is 3.76. The van der Waals surface area contributed by atoms with Crippen molar-refractivity contribution < 1.29 is 4.42 Å². The molecule has 0 aliphatic carbocycles. The first-order valence-electron chi connectivity index (χ1n) is 11.2.